The minimum atomic E-state index is -0.445. The predicted octanol–water partition coefficient (Wildman–Crippen LogP) is 3.72. The van der Waals surface area contributed by atoms with E-state index in [2.05, 4.69) is 36.3 Å². The molecule has 1 unspecified atom stereocenters. The first-order valence-electron chi connectivity index (χ1n) is 7.09. The smallest absolute Gasteiger partial charge is 0.213 e. The maximum atomic E-state index is 13.1. The molecule has 0 aliphatic rings. The van der Waals surface area contributed by atoms with Gasteiger partial charge in [-0.1, -0.05) is 32.0 Å². The SMILES string of the molecule is COc1ccc(C(NCc2cccc(F)n2)C(C)C)cc1. The number of hydrogen-bond acceptors (Lipinski definition) is 3. The van der Waals surface area contributed by atoms with Gasteiger partial charge in [0.15, 0.2) is 0 Å². The van der Waals surface area contributed by atoms with Crippen molar-refractivity contribution in [2.45, 2.75) is 26.4 Å². The van der Waals surface area contributed by atoms with Crippen molar-refractivity contribution in [1.29, 1.82) is 0 Å². The molecule has 1 aromatic carbocycles. The lowest BCUT2D eigenvalue weighted by molar-refractivity contribution is 0.402. The molecule has 1 N–H and O–H groups in total. The van der Waals surface area contributed by atoms with Crippen molar-refractivity contribution >= 4 is 0 Å². The highest BCUT2D eigenvalue weighted by Gasteiger charge is 2.15. The average molecular weight is 288 g/mol. The van der Waals surface area contributed by atoms with Gasteiger partial charge >= 0.3 is 0 Å². The van der Waals surface area contributed by atoms with Crippen LogP contribution in [0.3, 0.4) is 0 Å². The Balaban J connectivity index is 2.08. The van der Waals surface area contributed by atoms with Gasteiger partial charge in [-0.3, -0.25) is 0 Å². The van der Waals surface area contributed by atoms with Gasteiger partial charge in [0.1, 0.15) is 5.75 Å². The summed E-state index contributed by atoms with van der Waals surface area (Å²) < 4.78 is 18.3. The van der Waals surface area contributed by atoms with E-state index in [1.54, 1.807) is 13.2 Å². The van der Waals surface area contributed by atoms with Crippen LogP contribution in [-0.4, -0.2) is 12.1 Å². The number of pyridine rings is 1. The summed E-state index contributed by atoms with van der Waals surface area (Å²) in [6.45, 7) is 4.84. The summed E-state index contributed by atoms with van der Waals surface area (Å²) in [4.78, 5) is 3.88. The van der Waals surface area contributed by atoms with Crippen LogP contribution >= 0.6 is 0 Å². The first-order chi connectivity index (χ1) is 10.1. The number of halogens is 1. The summed E-state index contributed by atoms with van der Waals surface area (Å²) in [6.07, 6.45) is 0. The third-order valence-electron chi connectivity index (χ3n) is 3.42. The van der Waals surface area contributed by atoms with E-state index >= 15 is 0 Å². The Hall–Kier alpha value is -1.94. The first-order valence-corrected chi connectivity index (χ1v) is 7.09. The molecule has 2 rings (SSSR count). The molecule has 2 aromatic rings. The molecule has 1 aromatic heterocycles. The number of nitrogens with zero attached hydrogens (tertiary/aromatic N) is 1. The molecule has 0 aliphatic heterocycles. The number of ether oxygens (including phenoxy) is 1. The fourth-order valence-electron chi connectivity index (χ4n) is 2.31. The topological polar surface area (TPSA) is 34.1 Å². The quantitative estimate of drug-likeness (QED) is 0.823. The summed E-state index contributed by atoms with van der Waals surface area (Å²) in [5, 5.41) is 3.45. The second kappa shape index (κ2) is 7.18. The molecule has 0 bridgehead atoms. The van der Waals surface area contributed by atoms with Gasteiger partial charge in [0.2, 0.25) is 5.95 Å². The lowest BCUT2D eigenvalue weighted by Gasteiger charge is -2.23. The highest BCUT2D eigenvalue weighted by molar-refractivity contribution is 5.29. The number of hydrogen-bond donors (Lipinski definition) is 1. The van der Waals surface area contributed by atoms with Gasteiger partial charge < -0.3 is 10.1 Å². The molecule has 0 radical (unpaired) electrons. The molecule has 1 atom stereocenters. The van der Waals surface area contributed by atoms with E-state index in [0.29, 0.717) is 18.2 Å². The Morgan fingerprint density at radius 2 is 1.86 bits per heavy atom. The fraction of sp³-hybridized carbons (Fsp3) is 0.353. The lowest BCUT2D eigenvalue weighted by Crippen LogP contribution is -2.25. The van der Waals surface area contributed by atoms with Gasteiger partial charge in [-0.05, 0) is 35.7 Å². The average Bonchev–Trinajstić information content (AvgIpc) is 2.48. The normalized spacial score (nSPS) is 12.4. The van der Waals surface area contributed by atoms with Crippen LogP contribution in [0.1, 0.15) is 31.1 Å². The molecule has 0 saturated heterocycles. The van der Waals surface area contributed by atoms with Gasteiger partial charge in [0, 0.05) is 12.6 Å². The van der Waals surface area contributed by atoms with Gasteiger partial charge in [-0.2, -0.15) is 4.39 Å². The maximum Gasteiger partial charge on any atom is 0.213 e. The Kier molecular flexibility index (Phi) is 5.28. The number of methoxy groups -OCH3 is 1. The Labute approximate surface area is 125 Å². The van der Waals surface area contributed by atoms with Crippen molar-refractivity contribution in [3.05, 3.63) is 59.7 Å². The van der Waals surface area contributed by atoms with Gasteiger partial charge in [-0.25, -0.2) is 4.98 Å². The second-order valence-electron chi connectivity index (χ2n) is 5.33. The molecule has 4 heteroatoms. The van der Waals surface area contributed by atoms with Crippen LogP contribution in [0.2, 0.25) is 0 Å². The third-order valence-corrected chi connectivity index (χ3v) is 3.42. The Morgan fingerprint density at radius 1 is 1.14 bits per heavy atom. The molecule has 21 heavy (non-hydrogen) atoms. The maximum absolute atomic E-state index is 13.1. The summed E-state index contributed by atoms with van der Waals surface area (Å²) >= 11 is 0. The van der Waals surface area contributed by atoms with E-state index in [4.69, 9.17) is 4.74 Å². The molecule has 112 valence electrons. The molecular weight excluding hydrogens is 267 g/mol. The van der Waals surface area contributed by atoms with Crippen molar-refractivity contribution in [3.8, 4) is 5.75 Å². The van der Waals surface area contributed by atoms with Gasteiger partial charge in [-0.15, -0.1) is 0 Å². The van der Waals surface area contributed by atoms with Crippen molar-refractivity contribution in [3.63, 3.8) is 0 Å². The zero-order valence-electron chi connectivity index (χ0n) is 12.6. The highest BCUT2D eigenvalue weighted by atomic mass is 19.1. The largest absolute Gasteiger partial charge is 0.497 e. The molecule has 0 fully saturated rings. The van der Waals surface area contributed by atoms with Crippen LogP contribution in [0, 0.1) is 11.9 Å². The molecular formula is C17H21FN2O. The summed E-state index contributed by atoms with van der Waals surface area (Å²) in [7, 11) is 1.66. The molecule has 1 heterocycles. The number of benzene rings is 1. The van der Waals surface area contributed by atoms with E-state index < -0.39 is 5.95 Å². The van der Waals surface area contributed by atoms with Gasteiger partial charge in [0.05, 0.1) is 12.8 Å². The summed E-state index contributed by atoms with van der Waals surface area (Å²) in [5.74, 6) is 0.805. The van der Waals surface area contributed by atoms with E-state index in [-0.39, 0.29) is 6.04 Å². The van der Waals surface area contributed by atoms with Crippen molar-refractivity contribution in [2.24, 2.45) is 5.92 Å². The Morgan fingerprint density at radius 3 is 2.43 bits per heavy atom. The van der Waals surface area contributed by atoms with Crippen LogP contribution in [0.5, 0.6) is 5.75 Å². The first kappa shape index (κ1) is 15.4. The zero-order chi connectivity index (χ0) is 15.2. The zero-order valence-corrected chi connectivity index (χ0v) is 12.6. The van der Waals surface area contributed by atoms with E-state index in [0.717, 1.165) is 5.75 Å². The molecule has 0 aliphatic carbocycles. The fourth-order valence-corrected chi connectivity index (χ4v) is 2.31. The van der Waals surface area contributed by atoms with E-state index in [1.165, 1.54) is 11.6 Å². The predicted molar refractivity (Wildman–Crippen MR) is 81.6 cm³/mol. The van der Waals surface area contributed by atoms with Crippen LogP contribution in [-0.2, 0) is 6.54 Å². The van der Waals surface area contributed by atoms with Crippen LogP contribution in [0.25, 0.3) is 0 Å². The van der Waals surface area contributed by atoms with Crippen LogP contribution in [0.4, 0.5) is 4.39 Å². The minimum absolute atomic E-state index is 0.181. The van der Waals surface area contributed by atoms with E-state index in [9.17, 15) is 4.39 Å². The number of aromatic nitrogens is 1. The molecule has 0 spiro atoms. The highest BCUT2D eigenvalue weighted by Crippen LogP contribution is 2.24. The standard InChI is InChI=1S/C17H21FN2O/c1-12(2)17(13-7-9-15(21-3)10-8-13)19-11-14-5-4-6-16(18)20-14/h4-10,12,17,19H,11H2,1-3H3. The van der Waals surface area contributed by atoms with Crippen molar-refractivity contribution in [1.82, 2.24) is 10.3 Å². The number of nitrogens with one attached hydrogen (secondary N) is 1. The molecule has 0 amide bonds. The van der Waals surface area contributed by atoms with Gasteiger partial charge in [0.25, 0.3) is 0 Å². The third kappa shape index (κ3) is 4.26. The second-order valence-corrected chi connectivity index (χ2v) is 5.33. The van der Waals surface area contributed by atoms with Crippen molar-refractivity contribution in [2.75, 3.05) is 7.11 Å². The van der Waals surface area contributed by atoms with Crippen LogP contribution in [0.15, 0.2) is 42.5 Å². The monoisotopic (exact) mass is 288 g/mol. The van der Waals surface area contributed by atoms with E-state index in [1.807, 2.05) is 18.2 Å². The Bertz CT molecular complexity index is 569. The number of rotatable bonds is 6. The molecule has 0 saturated carbocycles. The molecule has 3 nitrogen and oxygen atoms in total. The van der Waals surface area contributed by atoms with Crippen molar-refractivity contribution < 1.29 is 9.13 Å². The van der Waals surface area contributed by atoms with Crippen LogP contribution < -0.4 is 10.1 Å². The lowest BCUT2D eigenvalue weighted by atomic mass is 9.96. The minimum Gasteiger partial charge on any atom is -0.497 e. The summed E-state index contributed by atoms with van der Waals surface area (Å²) in [5.41, 5.74) is 1.89. The summed E-state index contributed by atoms with van der Waals surface area (Å²) in [6, 6.07) is 13.0.